The molecule has 2 aromatic rings. The van der Waals surface area contributed by atoms with E-state index in [4.69, 9.17) is 4.42 Å². The lowest BCUT2D eigenvalue weighted by molar-refractivity contribution is 0.0946. The van der Waals surface area contributed by atoms with Gasteiger partial charge in [0.1, 0.15) is 0 Å². The number of hydrogen-bond acceptors (Lipinski definition) is 4. The highest BCUT2D eigenvalue weighted by atomic mass is 16.3. The number of nitrogens with one attached hydrogen (secondary N) is 2. The molecule has 2 heterocycles. The monoisotopic (exact) mass is 343 g/mol. The first kappa shape index (κ1) is 17.5. The number of likely N-dealkylation sites (tertiary alicyclic amines) is 1. The molecule has 0 unspecified atom stereocenters. The summed E-state index contributed by atoms with van der Waals surface area (Å²) in [5.74, 6) is 0.0895. The van der Waals surface area contributed by atoms with Crippen LogP contribution in [0.2, 0.25) is 0 Å². The fourth-order valence-electron chi connectivity index (χ4n) is 3.23. The van der Waals surface area contributed by atoms with Crippen LogP contribution in [0, 0.1) is 5.92 Å². The molecular weight excluding hydrogens is 318 g/mol. The molecule has 2 atom stereocenters. The van der Waals surface area contributed by atoms with Crippen LogP contribution in [0.1, 0.15) is 17.5 Å². The number of rotatable bonds is 6. The van der Waals surface area contributed by atoms with Crippen LogP contribution in [-0.2, 0) is 13.1 Å². The highest BCUT2D eigenvalue weighted by Crippen LogP contribution is 2.19. The highest BCUT2D eigenvalue weighted by Gasteiger charge is 2.29. The number of hydrogen-bond donors (Lipinski definition) is 3. The molecule has 0 spiro atoms. The van der Waals surface area contributed by atoms with Crippen LogP contribution < -0.4 is 10.6 Å². The number of aliphatic hydroxyl groups is 1. The summed E-state index contributed by atoms with van der Waals surface area (Å²) in [5, 5.41) is 15.5. The average molecular weight is 343 g/mol. The van der Waals surface area contributed by atoms with Crippen molar-refractivity contribution in [2.24, 2.45) is 5.92 Å². The molecule has 1 aromatic heterocycles. The van der Waals surface area contributed by atoms with Gasteiger partial charge in [-0.15, -0.1) is 0 Å². The van der Waals surface area contributed by atoms with Gasteiger partial charge in [0.15, 0.2) is 0 Å². The molecule has 2 amide bonds. The number of benzene rings is 1. The molecule has 6 heteroatoms. The minimum absolute atomic E-state index is 0.0631. The minimum atomic E-state index is -0.216. The van der Waals surface area contributed by atoms with Crippen LogP contribution >= 0.6 is 0 Å². The first-order chi connectivity index (χ1) is 12.2. The third-order valence-electron chi connectivity index (χ3n) is 4.67. The normalized spacial score (nSPS) is 21.0. The van der Waals surface area contributed by atoms with Crippen LogP contribution in [0.5, 0.6) is 0 Å². The third-order valence-corrected chi connectivity index (χ3v) is 4.67. The molecule has 3 N–H and O–H groups in total. The Morgan fingerprint density at radius 2 is 2.08 bits per heavy atom. The van der Waals surface area contributed by atoms with E-state index in [9.17, 15) is 9.90 Å². The quantitative estimate of drug-likeness (QED) is 0.749. The van der Waals surface area contributed by atoms with Gasteiger partial charge in [-0.1, -0.05) is 30.3 Å². The van der Waals surface area contributed by atoms with Crippen molar-refractivity contribution in [2.75, 3.05) is 19.7 Å². The molecule has 6 nitrogen and oxygen atoms in total. The van der Waals surface area contributed by atoms with Gasteiger partial charge in [-0.05, 0) is 24.6 Å². The van der Waals surface area contributed by atoms with E-state index in [1.807, 2.05) is 24.3 Å². The summed E-state index contributed by atoms with van der Waals surface area (Å²) in [6, 6.07) is 11.8. The summed E-state index contributed by atoms with van der Waals surface area (Å²) < 4.78 is 4.99. The number of urea groups is 1. The fraction of sp³-hybridized carbons (Fsp3) is 0.421. The van der Waals surface area contributed by atoms with Crippen molar-refractivity contribution in [2.45, 2.75) is 25.6 Å². The number of nitrogens with zero attached hydrogens (tertiary/aromatic N) is 1. The lowest BCUT2D eigenvalue weighted by Crippen LogP contribution is -2.55. The molecule has 0 radical (unpaired) electrons. The Labute approximate surface area is 147 Å². The molecule has 134 valence electrons. The Balaban J connectivity index is 1.52. The zero-order valence-electron chi connectivity index (χ0n) is 14.2. The van der Waals surface area contributed by atoms with Gasteiger partial charge in [0.2, 0.25) is 0 Å². The lowest BCUT2D eigenvalue weighted by Gasteiger charge is -2.38. The molecule has 1 fully saturated rings. The molecule has 3 rings (SSSR count). The summed E-state index contributed by atoms with van der Waals surface area (Å²) in [6.45, 7) is 3.03. The molecule has 0 saturated carbocycles. The Morgan fingerprint density at radius 3 is 2.80 bits per heavy atom. The second-order valence-corrected chi connectivity index (χ2v) is 6.52. The molecule has 1 aliphatic heterocycles. The van der Waals surface area contributed by atoms with E-state index in [0.717, 1.165) is 31.6 Å². The summed E-state index contributed by atoms with van der Waals surface area (Å²) in [4.78, 5) is 14.5. The smallest absolute Gasteiger partial charge is 0.315 e. The SMILES string of the molecule is O=C(NCc1ccoc1)N[C@@H]1CN(Cc2ccccc2)CC[C@@H]1CO. The van der Waals surface area contributed by atoms with Gasteiger partial charge in [-0.3, -0.25) is 4.90 Å². The van der Waals surface area contributed by atoms with Crippen molar-refractivity contribution in [3.8, 4) is 0 Å². The second kappa shape index (κ2) is 8.69. The standard InChI is InChI=1S/C19H25N3O3/c23-13-17-6-8-22(11-15-4-2-1-3-5-15)12-18(17)21-19(24)20-10-16-7-9-25-14-16/h1-5,7,9,14,17-18,23H,6,8,10-13H2,(H2,20,21,24)/t17-,18-/m1/s1. The molecule has 1 saturated heterocycles. The number of aliphatic hydroxyl groups excluding tert-OH is 1. The average Bonchev–Trinajstić information content (AvgIpc) is 3.15. The van der Waals surface area contributed by atoms with Gasteiger partial charge in [0.05, 0.1) is 12.5 Å². The second-order valence-electron chi connectivity index (χ2n) is 6.52. The largest absolute Gasteiger partial charge is 0.472 e. The Morgan fingerprint density at radius 1 is 1.24 bits per heavy atom. The van der Waals surface area contributed by atoms with Gasteiger partial charge in [0.25, 0.3) is 0 Å². The third kappa shape index (κ3) is 5.08. The van der Waals surface area contributed by atoms with Gasteiger partial charge in [0, 0.05) is 43.8 Å². The molecule has 0 aliphatic carbocycles. The summed E-state index contributed by atoms with van der Waals surface area (Å²) >= 11 is 0. The zero-order chi connectivity index (χ0) is 17.5. The van der Waals surface area contributed by atoms with E-state index in [0.29, 0.717) is 6.54 Å². The van der Waals surface area contributed by atoms with Gasteiger partial charge < -0.3 is 20.2 Å². The van der Waals surface area contributed by atoms with Crippen molar-refractivity contribution in [1.82, 2.24) is 15.5 Å². The predicted molar refractivity (Wildman–Crippen MR) is 94.8 cm³/mol. The molecule has 1 aromatic carbocycles. The summed E-state index contributed by atoms with van der Waals surface area (Å²) in [7, 11) is 0. The maximum absolute atomic E-state index is 12.2. The van der Waals surface area contributed by atoms with Crippen molar-refractivity contribution in [3.63, 3.8) is 0 Å². The fourth-order valence-corrected chi connectivity index (χ4v) is 3.23. The summed E-state index contributed by atoms with van der Waals surface area (Å²) in [6.07, 6.45) is 4.06. The van der Waals surface area contributed by atoms with Crippen molar-refractivity contribution in [1.29, 1.82) is 0 Å². The van der Waals surface area contributed by atoms with Crippen LogP contribution in [-0.4, -0.2) is 41.8 Å². The van der Waals surface area contributed by atoms with Crippen molar-refractivity contribution >= 4 is 6.03 Å². The lowest BCUT2D eigenvalue weighted by atomic mass is 9.92. The topological polar surface area (TPSA) is 77.7 Å². The molecule has 1 aliphatic rings. The number of carbonyl (C=O) groups excluding carboxylic acids is 1. The maximum atomic E-state index is 12.2. The first-order valence-electron chi connectivity index (χ1n) is 8.67. The number of piperidine rings is 1. The highest BCUT2D eigenvalue weighted by molar-refractivity contribution is 5.74. The van der Waals surface area contributed by atoms with Crippen molar-refractivity contribution < 1.29 is 14.3 Å². The van der Waals surface area contributed by atoms with E-state index in [1.165, 1.54) is 5.56 Å². The van der Waals surface area contributed by atoms with Crippen LogP contribution in [0.4, 0.5) is 4.79 Å². The Kier molecular flexibility index (Phi) is 6.09. The van der Waals surface area contributed by atoms with Crippen LogP contribution in [0.3, 0.4) is 0 Å². The molecule has 25 heavy (non-hydrogen) atoms. The summed E-state index contributed by atoms with van der Waals surface area (Å²) in [5.41, 5.74) is 2.18. The van der Waals surface area contributed by atoms with Crippen LogP contribution in [0.15, 0.2) is 53.3 Å². The maximum Gasteiger partial charge on any atom is 0.315 e. The first-order valence-corrected chi connectivity index (χ1v) is 8.67. The van der Waals surface area contributed by atoms with E-state index in [2.05, 4.69) is 27.7 Å². The Hall–Kier alpha value is -2.31. The van der Waals surface area contributed by atoms with Gasteiger partial charge in [-0.2, -0.15) is 0 Å². The predicted octanol–water partition coefficient (Wildman–Crippen LogP) is 1.96. The minimum Gasteiger partial charge on any atom is -0.472 e. The van der Waals surface area contributed by atoms with E-state index < -0.39 is 0 Å². The van der Waals surface area contributed by atoms with Crippen molar-refractivity contribution in [3.05, 3.63) is 60.1 Å². The van der Waals surface area contributed by atoms with Crippen LogP contribution in [0.25, 0.3) is 0 Å². The van der Waals surface area contributed by atoms with E-state index in [-0.39, 0.29) is 24.6 Å². The number of carbonyl (C=O) groups is 1. The Bertz CT molecular complexity index is 645. The molecule has 0 bridgehead atoms. The van der Waals surface area contributed by atoms with Gasteiger partial charge in [-0.25, -0.2) is 4.79 Å². The molecular formula is C19H25N3O3. The van der Waals surface area contributed by atoms with Gasteiger partial charge >= 0.3 is 6.03 Å². The van der Waals surface area contributed by atoms with E-state index in [1.54, 1.807) is 12.5 Å². The number of furan rings is 1. The number of amides is 2. The van der Waals surface area contributed by atoms with E-state index >= 15 is 0 Å². The zero-order valence-corrected chi connectivity index (χ0v) is 14.2.